The molecular formula is C5H12N2O2. The van der Waals surface area contributed by atoms with E-state index in [2.05, 4.69) is 0 Å². The number of hydrogen-bond acceptors (Lipinski definition) is 3. The molecule has 54 valence electrons. The van der Waals surface area contributed by atoms with Crippen molar-refractivity contribution in [3.63, 3.8) is 0 Å². The molecule has 0 aromatic rings. The molecule has 1 unspecified atom stereocenters. The number of primary amides is 1. The van der Waals surface area contributed by atoms with E-state index in [0.717, 1.165) is 0 Å². The Balaban J connectivity index is 3.85. The number of carbonyl (C=O) groups excluding carboxylic acids is 1. The van der Waals surface area contributed by atoms with Crippen LogP contribution in [0.4, 0.5) is 0 Å². The summed E-state index contributed by atoms with van der Waals surface area (Å²) in [6.07, 6.45) is 0.846. The Morgan fingerprint density at radius 1 is 1.78 bits per heavy atom. The zero-order valence-electron chi connectivity index (χ0n) is 5.42. The Hall–Kier alpha value is -0.610. The highest BCUT2D eigenvalue weighted by atomic mass is 16.3. The van der Waals surface area contributed by atoms with E-state index >= 15 is 0 Å². The van der Waals surface area contributed by atoms with E-state index in [1.165, 1.54) is 0 Å². The van der Waals surface area contributed by atoms with Gasteiger partial charge in [0.15, 0.2) is 5.72 Å². The maximum atomic E-state index is 10.3. The smallest absolute Gasteiger partial charge is 0.264 e. The molecule has 0 saturated heterocycles. The lowest BCUT2D eigenvalue weighted by Gasteiger charge is -2.16. The van der Waals surface area contributed by atoms with Gasteiger partial charge in [0.25, 0.3) is 5.91 Å². The van der Waals surface area contributed by atoms with Gasteiger partial charge in [0.1, 0.15) is 0 Å². The molecule has 0 heterocycles. The summed E-state index contributed by atoms with van der Waals surface area (Å²) in [5.74, 6) is -0.871. The number of nitrogens with two attached hydrogens (primary N) is 2. The molecule has 0 aromatic heterocycles. The minimum absolute atomic E-state index is 0.211. The topological polar surface area (TPSA) is 89.3 Å². The van der Waals surface area contributed by atoms with Crippen LogP contribution in [-0.2, 0) is 4.79 Å². The van der Waals surface area contributed by atoms with Crippen LogP contribution in [0.25, 0.3) is 0 Å². The standard InChI is InChI=1S/C5H12N2O2/c1-2-3-5(7,9)4(6)8/h9H,2-3,7H2,1H3,(H2,6,8). The molecule has 0 aliphatic heterocycles. The van der Waals surface area contributed by atoms with Crippen LogP contribution >= 0.6 is 0 Å². The first-order valence-corrected chi connectivity index (χ1v) is 2.82. The third kappa shape index (κ3) is 2.43. The average molecular weight is 132 g/mol. The van der Waals surface area contributed by atoms with Gasteiger partial charge < -0.3 is 10.8 Å². The molecule has 1 amide bonds. The van der Waals surface area contributed by atoms with Crippen LogP contribution in [0.5, 0.6) is 0 Å². The molecule has 1 atom stereocenters. The van der Waals surface area contributed by atoms with Gasteiger partial charge in [-0.2, -0.15) is 0 Å². The summed E-state index contributed by atoms with van der Waals surface area (Å²) in [4.78, 5) is 10.3. The van der Waals surface area contributed by atoms with Gasteiger partial charge in [-0.3, -0.25) is 10.5 Å². The maximum absolute atomic E-state index is 10.3. The quantitative estimate of drug-likeness (QED) is 0.427. The zero-order chi connectivity index (χ0) is 7.49. The SMILES string of the molecule is CCCC(N)(O)C(N)=O. The lowest BCUT2D eigenvalue weighted by molar-refractivity contribution is -0.136. The number of rotatable bonds is 3. The third-order valence-corrected chi connectivity index (χ3v) is 1.06. The van der Waals surface area contributed by atoms with Crippen molar-refractivity contribution in [1.82, 2.24) is 0 Å². The van der Waals surface area contributed by atoms with E-state index < -0.39 is 11.6 Å². The Kier molecular flexibility index (Phi) is 2.61. The van der Waals surface area contributed by atoms with Crippen molar-refractivity contribution in [3.8, 4) is 0 Å². The molecule has 4 nitrogen and oxygen atoms in total. The number of aliphatic hydroxyl groups is 1. The zero-order valence-corrected chi connectivity index (χ0v) is 5.42. The van der Waals surface area contributed by atoms with Crippen LogP contribution in [0.15, 0.2) is 0 Å². The summed E-state index contributed by atoms with van der Waals surface area (Å²) < 4.78 is 0. The fraction of sp³-hybridized carbons (Fsp3) is 0.800. The highest BCUT2D eigenvalue weighted by Gasteiger charge is 2.26. The van der Waals surface area contributed by atoms with E-state index in [1.54, 1.807) is 6.92 Å². The molecule has 0 aliphatic carbocycles. The van der Waals surface area contributed by atoms with Crippen LogP contribution in [-0.4, -0.2) is 16.7 Å². The van der Waals surface area contributed by atoms with Crippen LogP contribution < -0.4 is 11.5 Å². The first kappa shape index (κ1) is 8.39. The molecule has 9 heavy (non-hydrogen) atoms. The molecule has 0 spiro atoms. The van der Waals surface area contributed by atoms with Crippen molar-refractivity contribution < 1.29 is 9.90 Å². The average Bonchev–Trinajstić information content (AvgIpc) is 1.65. The lowest BCUT2D eigenvalue weighted by Crippen LogP contribution is -2.51. The monoisotopic (exact) mass is 132 g/mol. The Bertz CT molecular complexity index is 112. The van der Waals surface area contributed by atoms with Gasteiger partial charge in [0.05, 0.1) is 0 Å². The van der Waals surface area contributed by atoms with E-state index in [1.807, 2.05) is 0 Å². The van der Waals surface area contributed by atoms with Gasteiger partial charge in [-0.25, -0.2) is 0 Å². The van der Waals surface area contributed by atoms with Gasteiger partial charge in [-0.05, 0) is 6.42 Å². The molecule has 0 bridgehead atoms. The Morgan fingerprint density at radius 2 is 2.22 bits per heavy atom. The summed E-state index contributed by atoms with van der Waals surface area (Å²) in [5.41, 5.74) is 7.98. The van der Waals surface area contributed by atoms with Gasteiger partial charge >= 0.3 is 0 Å². The number of carbonyl (C=O) groups is 1. The van der Waals surface area contributed by atoms with Gasteiger partial charge in [0, 0.05) is 0 Å². The van der Waals surface area contributed by atoms with Crippen LogP contribution in [0.3, 0.4) is 0 Å². The van der Waals surface area contributed by atoms with E-state index in [0.29, 0.717) is 6.42 Å². The molecule has 0 fully saturated rings. The fourth-order valence-electron chi connectivity index (χ4n) is 0.504. The van der Waals surface area contributed by atoms with E-state index in [9.17, 15) is 4.79 Å². The van der Waals surface area contributed by atoms with Crippen molar-refractivity contribution in [3.05, 3.63) is 0 Å². The molecule has 4 heteroatoms. The molecule has 0 radical (unpaired) electrons. The van der Waals surface area contributed by atoms with Crippen LogP contribution in [0.2, 0.25) is 0 Å². The highest BCUT2D eigenvalue weighted by Crippen LogP contribution is 2.02. The molecular weight excluding hydrogens is 120 g/mol. The highest BCUT2D eigenvalue weighted by molar-refractivity contribution is 5.82. The molecule has 0 aromatic carbocycles. The molecule has 0 rings (SSSR count). The number of amides is 1. The van der Waals surface area contributed by atoms with Crippen molar-refractivity contribution in [1.29, 1.82) is 0 Å². The second kappa shape index (κ2) is 2.80. The summed E-state index contributed by atoms with van der Waals surface area (Å²) in [5, 5.41) is 8.89. The third-order valence-electron chi connectivity index (χ3n) is 1.06. The van der Waals surface area contributed by atoms with Gasteiger partial charge in [-0.15, -0.1) is 0 Å². The van der Waals surface area contributed by atoms with Crippen LogP contribution in [0.1, 0.15) is 19.8 Å². The van der Waals surface area contributed by atoms with Crippen molar-refractivity contribution in [2.45, 2.75) is 25.5 Å². The molecule has 0 saturated carbocycles. The van der Waals surface area contributed by atoms with Crippen molar-refractivity contribution in [2.75, 3.05) is 0 Å². The normalized spacial score (nSPS) is 16.8. The second-order valence-corrected chi connectivity index (χ2v) is 2.04. The van der Waals surface area contributed by atoms with E-state index in [-0.39, 0.29) is 6.42 Å². The van der Waals surface area contributed by atoms with Crippen molar-refractivity contribution in [2.24, 2.45) is 11.5 Å². The van der Waals surface area contributed by atoms with Gasteiger partial charge in [0.2, 0.25) is 0 Å². The largest absolute Gasteiger partial charge is 0.368 e. The summed E-state index contributed by atoms with van der Waals surface area (Å²) >= 11 is 0. The minimum atomic E-state index is -1.81. The van der Waals surface area contributed by atoms with Gasteiger partial charge in [-0.1, -0.05) is 13.3 Å². The summed E-state index contributed by atoms with van der Waals surface area (Å²) in [6, 6.07) is 0. The first-order chi connectivity index (χ1) is 4.00. The minimum Gasteiger partial charge on any atom is -0.368 e. The van der Waals surface area contributed by atoms with Crippen LogP contribution in [0, 0.1) is 0 Å². The lowest BCUT2D eigenvalue weighted by atomic mass is 10.1. The summed E-state index contributed by atoms with van der Waals surface area (Å²) in [6.45, 7) is 1.81. The molecule has 5 N–H and O–H groups in total. The van der Waals surface area contributed by atoms with E-state index in [4.69, 9.17) is 16.6 Å². The number of hydrogen-bond donors (Lipinski definition) is 3. The molecule has 0 aliphatic rings. The predicted octanol–water partition coefficient (Wildman–Crippen LogP) is -1.08. The summed E-state index contributed by atoms with van der Waals surface area (Å²) in [7, 11) is 0. The van der Waals surface area contributed by atoms with Crippen molar-refractivity contribution >= 4 is 5.91 Å². The Labute approximate surface area is 53.8 Å². The maximum Gasteiger partial charge on any atom is 0.264 e. The first-order valence-electron chi connectivity index (χ1n) is 2.82. The Morgan fingerprint density at radius 3 is 2.33 bits per heavy atom. The predicted molar refractivity (Wildman–Crippen MR) is 33.2 cm³/mol. The fourth-order valence-corrected chi connectivity index (χ4v) is 0.504. The second-order valence-electron chi connectivity index (χ2n) is 2.04.